The van der Waals surface area contributed by atoms with Crippen LogP contribution in [0.1, 0.15) is 29.0 Å². The van der Waals surface area contributed by atoms with Crippen molar-refractivity contribution < 1.29 is 4.79 Å². The van der Waals surface area contributed by atoms with E-state index in [1.54, 1.807) is 4.68 Å². The van der Waals surface area contributed by atoms with Gasteiger partial charge in [0.05, 0.1) is 10.2 Å². The molecule has 2 fully saturated rings. The van der Waals surface area contributed by atoms with Crippen molar-refractivity contribution in [2.24, 2.45) is 7.05 Å². The minimum atomic E-state index is 0.0575. The summed E-state index contributed by atoms with van der Waals surface area (Å²) in [6.45, 7) is 5.82. The zero-order valence-electron chi connectivity index (χ0n) is 11.4. The van der Waals surface area contributed by atoms with Crippen molar-refractivity contribution in [1.29, 1.82) is 0 Å². The van der Waals surface area contributed by atoms with Crippen LogP contribution in [0.3, 0.4) is 0 Å². The fourth-order valence-corrected chi connectivity index (χ4v) is 3.55. The summed E-state index contributed by atoms with van der Waals surface area (Å²) < 4.78 is 2.58. The van der Waals surface area contributed by atoms with Gasteiger partial charge < -0.3 is 4.90 Å². The summed E-state index contributed by atoms with van der Waals surface area (Å²) in [6.07, 6.45) is 2.48. The Morgan fingerprint density at radius 2 is 2.16 bits per heavy atom. The quantitative estimate of drug-likeness (QED) is 0.783. The summed E-state index contributed by atoms with van der Waals surface area (Å²) in [5, 5.41) is 4.34. The van der Waals surface area contributed by atoms with Gasteiger partial charge in [-0.3, -0.25) is 14.4 Å². The fraction of sp³-hybridized carbons (Fsp3) is 0.692. The Morgan fingerprint density at radius 1 is 1.37 bits per heavy atom. The van der Waals surface area contributed by atoms with Crippen molar-refractivity contribution in [3.05, 3.63) is 15.9 Å². The number of rotatable bonds is 1. The SMILES string of the molecule is Cc1c(Br)c(C(=O)N2CCN3CCCC3C2)nn1C. The number of hydrogen-bond acceptors (Lipinski definition) is 3. The summed E-state index contributed by atoms with van der Waals surface area (Å²) in [4.78, 5) is 17.0. The lowest BCUT2D eigenvalue weighted by Crippen LogP contribution is -2.52. The molecule has 1 aromatic rings. The standard InChI is InChI=1S/C13H19BrN4O/c1-9-11(14)12(15-16(9)2)13(19)18-7-6-17-5-3-4-10(17)8-18/h10H,3-8H2,1-2H3. The number of fused-ring (bicyclic) bond motifs is 1. The van der Waals surface area contributed by atoms with Crippen molar-refractivity contribution in [3.8, 4) is 0 Å². The van der Waals surface area contributed by atoms with Crippen LogP contribution in [0.4, 0.5) is 0 Å². The maximum Gasteiger partial charge on any atom is 0.275 e. The highest BCUT2D eigenvalue weighted by molar-refractivity contribution is 9.10. The number of hydrogen-bond donors (Lipinski definition) is 0. The van der Waals surface area contributed by atoms with Crippen LogP contribution in [-0.2, 0) is 7.05 Å². The van der Waals surface area contributed by atoms with Crippen LogP contribution >= 0.6 is 15.9 Å². The molecule has 0 N–H and O–H groups in total. The van der Waals surface area contributed by atoms with Crippen molar-refractivity contribution >= 4 is 21.8 Å². The minimum Gasteiger partial charge on any atom is -0.334 e. The highest BCUT2D eigenvalue weighted by Gasteiger charge is 2.34. The Morgan fingerprint density at radius 3 is 2.84 bits per heavy atom. The topological polar surface area (TPSA) is 41.4 Å². The lowest BCUT2D eigenvalue weighted by molar-refractivity contribution is 0.0564. The number of aryl methyl sites for hydroxylation is 1. The lowest BCUT2D eigenvalue weighted by Gasteiger charge is -2.37. The molecule has 0 aliphatic carbocycles. The van der Waals surface area contributed by atoms with E-state index in [1.807, 2.05) is 18.9 Å². The summed E-state index contributed by atoms with van der Waals surface area (Å²) in [6, 6.07) is 0.557. The second kappa shape index (κ2) is 4.90. The fourth-order valence-electron chi connectivity index (χ4n) is 3.04. The third-order valence-corrected chi connectivity index (χ3v) is 5.29. The average molecular weight is 327 g/mol. The smallest absolute Gasteiger partial charge is 0.275 e. The van der Waals surface area contributed by atoms with Gasteiger partial charge >= 0.3 is 0 Å². The molecule has 2 aliphatic heterocycles. The molecule has 104 valence electrons. The summed E-state index contributed by atoms with van der Waals surface area (Å²) in [5.74, 6) is 0.0575. The second-order valence-electron chi connectivity index (χ2n) is 5.45. The van der Waals surface area contributed by atoms with Crippen molar-refractivity contribution in [1.82, 2.24) is 19.6 Å². The summed E-state index contributed by atoms with van der Waals surface area (Å²) in [7, 11) is 1.87. The molecule has 3 rings (SSSR count). The molecule has 19 heavy (non-hydrogen) atoms. The van der Waals surface area contributed by atoms with Crippen molar-refractivity contribution in [3.63, 3.8) is 0 Å². The third-order valence-electron chi connectivity index (χ3n) is 4.34. The van der Waals surface area contributed by atoms with Crippen molar-refractivity contribution in [2.45, 2.75) is 25.8 Å². The first-order valence-electron chi connectivity index (χ1n) is 6.80. The summed E-state index contributed by atoms with van der Waals surface area (Å²) >= 11 is 3.48. The van der Waals surface area contributed by atoms with Crippen LogP contribution in [-0.4, -0.2) is 57.7 Å². The predicted octanol–water partition coefficient (Wildman–Crippen LogP) is 1.41. The van der Waals surface area contributed by atoms with Gasteiger partial charge in [0.2, 0.25) is 0 Å². The van der Waals surface area contributed by atoms with E-state index in [0.717, 1.165) is 29.8 Å². The van der Waals surface area contributed by atoms with Gasteiger partial charge in [-0.15, -0.1) is 0 Å². The molecule has 5 nitrogen and oxygen atoms in total. The number of carbonyl (C=O) groups is 1. The minimum absolute atomic E-state index is 0.0575. The van der Waals surface area contributed by atoms with E-state index in [9.17, 15) is 4.79 Å². The molecule has 1 amide bonds. The monoisotopic (exact) mass is 326 g/mol. The molecule has 0 bridgehead atoms. The van der Waals surface area contributed by atoms with Gasteiger partial charge in [0.1, 0.15) is 0 Å². The van der Waals surface area contributed by atoms with Crippen LogP contribution in [0.2, 0.25) is 0 Å². The van der Waals surface area contributed by atoms with Crippen LogP contribution in [0, 0.1) is 6.92 Å². The first-order chi connectivity index (χ1) is 9.08. The number of piperazine rings is 1. The zero-order valence-corrected chi connectivity index (χ0v) is 13.0. The molecule has 3 heterocycles. The molecule has 0 aromatic carbocycles. The van der Waals surface area contributed by atoms with Crippen molar-refractivity contribution in [2.75, 3.05) is 26.2 Å². The normalized spacial score (nSPS) is 23.7. The van der Waals surface area contributed by atoms with E-state index in [0.29, 0.717) is 11.7 Å². The van der Waals surface area contributed by atoms with Gasteiger partial charge in [-0.05, 0) is 42.2 Å². The van der Waals surface area contributed by atoms with Gasteiger partial charge in [-0.2, -0.15) is 5.10 Å². The third kappa shape index (κ3) is 2.21. The van der Waals surface area contributed by atoms with E-state index in [4.69, 9.17) is 0 Å². The molecule has 1 atom stereocenters. The Balaban J connectivity index is 1.78. The zero-order chi connectivity index (χ0) is 13.6. The molecular formula is C13H19BrN4O. The van der Waals surface area contributed by atoms with Crippen LogP contribution in [0.15, 0.2) is 4.47 Å². The lowest BCUT2D eigenvalue weighted by atomic mass is 10.1. The largest absolute Gasteiger partial charge is 0.334 e. The van der Waals surface area contributed by atoms with Gasteiger partial charge in [0.15, 0.2) is 5.69 Å². The molecule has 2 saturated heterocycles. The maximum atomic E-state index is 12.6. The van der Waals surface area contributed by atoms with Gasteiger partial charge in [-0.25, -0.2) is 0 Å². The number of halogens is 1. The molecule has 0 spiro atoms. The first kappa shape index (κ1) is 13.1. The summed E-state index contributed by atoms with van der Waals surface area (Å²) in [5.41, 5.74) is 1.54. The Hall–Kier alpha value is -0.880. The van der Waals surface area contributed by atoms with E-state index in [2.05, 4.69) is 25.9 Å². The number of aromatic nitrogens is 2. The van der Waals surface area contributed by atoms with Gasteiger partial charge in [-0.1, -0.05) is 0 Å². The Bertz CT molecular complexity index is 513. The van der Waals surface area contributed by atoms with Crippen LogP contribution in [0.5, 0.6) is 0 Å². The molecule has 6 heteroatoms. The number of carbonyl (C=O) groups excluding carboxylic acids is 1. The average Bonchev–Trinajstić information content (AvgIpc) is 2.97. The maximum absolute atomic E-state index is 12.6. The van der Waals surface area contributed by atoms with E-state index in [-0.39, 0.29) is 5.91 Å². The number of amides is 1. The van der Waals surface area contributed by atoms with Crippen LogP contribution < -0.4 is 0 Å². The van der Waals surface area contributed by atoms with Gasteiger partial charge in [0, 0.05) is 32.7 Å². The predicted molar refractivity (Wildman–Crippen MR) is 76.1 cm³/mol. The Kier molecular flexibility index (Phi) is 3.39. The Labute approximate surface area is 121 Å². The molecule has 1 unspecified atom stereocenters. The highest BCUT2D eigenvalue weighted by Crippen LogP contribution is 2.25. The van der Waals surface area contributed by atoms with E-state index < -0.39 is 0 Å². The molecule has 1 aromatic heterocycles. The second-order valence-corrected chi connectivity index (χ2v) is 6.25. The van der Waals surface area contributed by atoms with Crippen LogP contribution in [0.25, 0.3) is 0 Å². The number of nitrogens with zero attached hydrogens (tertiary/aromatic N) is 4. The van der Waals surface area contributed by atoms with Gasteiger partial charge in [0.25, 0.3) is 5.91 Å². The molecule has 2 aliphatic rings. The van der Waals surface area contributed by atoms with E-state index in [1.165, 1.54) is 19.4 Å². The molecule has 0 radical (unpaired) electrons. The molecule has 0 saturated carbocycles. The first-order valence-corrected chi connectivity index (χ1v) is 7.59. The molecular weight excluding hydrogens is 308 g/mol. The van der Waals surface area contributed by atoms with E-state index >= 15 is 0 Å². The highest BCUT2D eigenvalue weighted by atomic mass is 79.9.